The van der Waals surface area contributed by atoms with Crippen molar-refractivity contribution in [2.24, 2.45) is 11.8 Å². The van der Waals surface area contributed by atoms with E-state index in [4.69, 9.17) is 0 Å². The van der Waals surface area contributed by atoms with Crippen LogP contribution in [-0.2, 0) is 6.42 Å². The molecule has 0 spiro atoms. The number of nitrogens with one attached hydrogen (secondary N) is 2. The average molecular weight is 234 g/mol. The number of aromatic nitrogens is 2. The van der Waals surface area contributed by atoms with E-state index in [0.717, 1.165) is 43.5 Å². The van der Waals surface area contributed by atoms with Crippen molar-refractivity contribution in [1.82, 2.24) is 15.5 Å². The Morgan fingerprint density at radius 2 is 2.29 bits per heavy atom. The SMILES string of the molecule is CC(C)Cc1ccc(NCC2CCNC2)nn1. The Morgan fingerprint density at radius 1 is 1.41 bits per heavy atom. The molecule has 1 aromatic rings. The van der Waals surface area contributed by atoms with Crippen molar-refractivity contribution < 1.29 is 0 Å². The molecule has 0 bridgehead atoms. The van der Waals surface area contributed by atoms with Crippen LogP contribution < -0.4 is 10.6 Å². The first-order valence-electron chi connectivity index (χ1n) is 6.51. The number of rotatable bonds is 5. The monoisotopic (exact) mass is 234 g/mol. The van der Waals surface area contributed by atoms with Crippen molar-refractivity contribution in [2.75, 3.05) is 25.0 Å². The molecule has 2 heterocycles. The fourth-order valence-corrected chi connectivity index (χ4v) is 2.12. The molecule has 2 rings (SSSR count). The molecule has 0 aromatic carbocycles. The minimum Gasteiger partial charge on any atom is -0.368 e. The summed E-state index contributed by atoms with van der Waals surface area (Å²) in [5.74, 6) is 2.25. The van der Waals surface area contributed by atoms with Crippen LogP contribution in [0, 0.1) is 11.8 Å². The van der Waals surface area contributed by atoms with Crippen LogP contribution in [0.1, 0.15) is 26.0 Å². The second-order valence-electron chi connectivity index (χ2n) is 5.25. The Hall–Kier alpha value is -1.16. The molecule has 17 heavy (non-hydrogen) atoms. The molecule has 0 saturated carbocycles. The van der Waals surface area contributed by atoms with Crippen LogP contribution in [-0.4, -0.2) is 29.8 Å². The highest BCUT2D eigenvalue weighted by Crippen LogP contribution is 2.10. The van der Waals surface area contributed by atoms with Gasteiger partial charge in [-0.25, -0.2) is 0 Å². The largest absolute Gasteiger partial charge is 0.368 e. The van der Waals surface area contributed by atoms with Gasteiger partial charge in [-0.15, -0.1) is 5.10 Å². The lowest BCUT2D eigenvalue weighted by atomic mass is 10.1. The van der Waals surface area contributed by atoms with Crippen LogP contribution in [0.2, 0.25) is 0 Å². The van der Waals surface area contributed by atoms with Gasteiger partial charge in [0.15, 0.2) is 0 Å². The lowest BCUT2D eigenvalue weighted by molar-refractivity contribution is 0.611. The van der Waals surface area contributed by atoms with Crippen LogP contribution in [0.25, 0.3) is 0 Å². The molecule has 1 aliphatic heterocycles. The molecule has 94 valence electrons. The Labute approximate surface area is 103 Å². The van der Waals surface area contributed by atoms with Gasteiger partial charge in [-0.1, -0.05) is 13.8 Å². The Balaban J connectivity index is 1.80. The third-order valence-corrected chi connectivity index (χ3v) is 3.07. The molecule has 1 aliphatic rings. The van der Waals surface area contributed by atoms with Gasteiger partial charge in [0, 0.05) is 6.54 Å². The van der Waals surface area contributed by atoms with Gasteiger partial charge in [-0.3, -0.25) is 0 Å². The van der Waals surface area contributed by atoms with E-state index in [2.05, 4.69) is 40.7 Å². The van der Waals surface area contributed by atoms with Crippen molar-refractivity contribution in [3.8, 4) is 0 Å². The molecular weight excluding hydrogens is 212 g/mol. The lowest BCUT2D eigenvalue weighted by Gasteiger charge is -2.10. The highest BCUT2D eigenvalue weighted by molar-refractivity contribution is 5.33. The van der Waals surface area contributed by atoms with Crippen LogP contribution in [0.5, 0.6) is 0 Å². The van der Waals surface area contributed by atoms with Crippen molar-refractivity contribution in [3.63, 3.8) is 0 Å². The standard InChI is InChI=1S/C13H22N4/c1-10(2)7-12-3-4-13(17-16-12)15-9-11-5-6-14-8-11/h3-4,10-11,14H,5-9H2,1-2H3,(H,15,17). The quantitative estimate of drug-likeness (QED) is 0.814. The van der Waals surface area contributed by atoms with Gasteiger partial charge >= 0.3 is 0 Å². The normalized spacial score (nSPS) is 19.8. The molecule has 0 radical (unpaired) electrons. The molecule has 1 fully saturated rings. The molecular formula is C13H22N4. The maximum atomic E-state index is 4.24. The van der Waals surface area contributed by atoms with E-state index in [1.54, 1.807) is 0 Å². The van der Waals surface area contributed by atoms with Crippen molar-refractivity contribution >= 4 is 5.82 Å². The topological polar surface area (TPSA) is 49.8 Å². The molecule has 2 N–H and O–H groups in total. The van der Waals surface area contributed by atoms with Gasteiger partial charge in [-0.2, -0.15) is 5.10 Å². The van der Waals surface area contributed by atoms with Crippen LogP contribution in [0.3, 0.4) is 0 Å². The van der Waals surface area contributed by atoms with Crippen molar-refractivity contribution in [2.45, 2.75) is 26.7 Å². The summed E-state index contributed by atoms with van der Waals surface area (Å²) >= 11 is 0. The van der Waals surface area contributed by atoms with Gasteiger partial charge in [-0.05, 0) is 49.9 Å². The van der Waals surface area contributed by atoms with Crippen molar-refractivity contribution in [3.05, 3.63) is 17.8 Å². The lowest BCUT2D eigenvalue weighted by Crippen LogP contribution is -2.18. The Morgan fingerprint density at radius 3 is 2.88 bits per heavy atom. The fourth-order valence-electron chi connectivity index (χ4n) is 2.12. The maximum Gasteiger partial charge on any atom is 0.148 e. The van der Waals surface area contributed by atoms with Gasteiger partial charge in [0.25, 0.3) is 0 Å². The average Bonchev–Trinajstić information content (AvgIpc) is 2.80. The number of hydrogen-bond donors (Lipinski definition) is 2. The number of anilines is 1. The molecule has 1 aromatic heterocycles. The zero-order valence-electron chi connectivity index (χ0n) is 10.7. The highest BCUT2D eigenvalue weighted by atomic mass is 15.2. The summed E-state index contributed by atoms with van der Waals surface area (Å²) in [5, 5.41) is 15.2. The summed E-state index contributed by atoms with van der Waals surface area (Å²) < 4.78 is 0. The predicted octanol–water partition coefficient (Wildman–Crippen LogP) is 1.70. The summed E-state index contributed by atoms with van der Waals surface area (Å²) in [6.07, 6.45) is 2.26. The van der Waals surface area contributed by atoms with E-state index >= 15 is 0 Å². The number of nitrogens with zero attached hydrogens (tertiary/aromatic N) is 2. The molecule has 1 unspecified atom stereocenters. The van der Waals surface area contributed by atoms with E-state index in [0.29, 0.717) is 5.92 Å². The zero-order valence-corrected chi connectivity index (χ0v) is 10.7. The first kappa shape index (κ1) is 12.3. The van der Waals surface area contributed by atoms with Crippen LogP contribution in [0.4, 0.5) is 5.82 Å². The second kappa shape index (κ2) is 5.96. The second-order valence-corrected chi connectivity index (χ2v) is 5.25. The molecule has 1 saturated heterocycles. The van der Waals surface area contributed by atoms with E-state index < -0.39 is 0 Å². The van der Waals surface area contributed by atoms with E-state index in [-0.39, 0.29) is 0 Å². The number of hydrogen-bond acceptors (Lipinski definition) is 4. The summed E-state index contributed by atoms with van der Waals surface area (Å²) in [6, 6.07) is 4.11. The smallest absolute Gasteiger partial charge is 0.148 e. The zero-order chi connectivity index (χ0) is 12.1. The fraction of sp³-hybridized carbons (Fsp3) is 0.692. The van der Waals surface area contributed by atoms with Crippen LogP contribution in [0.15, 0.2) is 12.1 Å². The summed E-state index contributed by atoms with van der Waals surface area (Å²) in [7, 11) is 0. The third-order valence-electron chi connectivity index (χ3n) is 3.07. The Bertz CT molecular complexity index is 328. The van der Waals surface area contributed by atoms with Crippen LogP contribution >= 0.6 is 0 Å². The first-order valence-corrected chi connectivity index (χ1v) is 6.51. The first-order chi connectivity index (χ1) is 8.24. The Kier molecular flexibility index (Phi) is 4.31. The van der Waals surface area contributed by atoms with E-state index in [1.807, 2.05) is 6.07 Å². The maximum absolute atomic E-state index is 4.24. The van der Waals surface area contributed by atoms with Crippen molar-refractivity contribution in [1.29, 1.82) is 0 Å². The molecule has 0 amide bonds. The van der Waals surface area contributed by atoms with Gasteiger partial charge in [0.2, 0.25) is 0 Å². The molecule has 1 atom stereocenters. The molecule has 4 nitrogen and oxygen atoms in total. The molecule has 4 heteroatoms. The van der Waals surface area contributed by atoms with Gasteiger partial charge in [0.1, 0.15) is 5.82 Å². The highest BCUT2D eigenvalue weighted by Gasteiger charge is 2.13. The third kappa shape index (κ3) is 3.97. The summed E-state index contributed by atoms with van der Waals surface area (Å²) in [5.41, 5.74) is 1.08. The summed E-state index contributed by atoms with van der Waals surface area (Å²) in [6.45, 7) is 7.64. The predicted molar refractivity (Wildman–Crippen MR) is 70.0 cm³/mol. The minimum atomic E-state index is 0.632. The summed E-state index contributed by atoms with van der Waals surface area (Å²) in [4.78, 5) is 0. The van der Waals surface area contributed by atoms with E-state index in [9.17, 15) is 0 Å². The molecule has 0 aliphatic carbocycles. The minimum absolute atomic E-state index is 0.632. The van der Waals surface area contributed by atoms with Gasteiger partial charge < -0.3 is 10.6 Å². The van der Waals surface area contributed by atoms with Gasteiger partial charge in [0.05, 0.1) is 5.69 Å². The van der Waals surface area contributed by atoms with E-state index in [1.165, 1.54) is 6.42 Å².